The van der Waals surface area contributed by atoms with Gasteiger partial charge < -0.3 is 4.90 Å². The first-order chi connectivity index (χ1) is 14.8. The van der Waals surface area contributed by atoms with Crippen LogP contribution in [0.2, 0.25) is 10.0 Å². The Kier molecular flexibility index (Phi) is 7.64. The van der Waals surface area contributed by atoms with Crippen molar-refractivity contribution in [3.05, 3.63) is 62.5 Å². The molecule has 2 aromatic rings. The van der Waals surface area contributed by atoms with Crippen molar-refractivity contribution in [3.63, 3.8) is 0 Å². The summed E-state index contributed by atoms with van der Waals surface area (Å²) in [5.41, 5.74) is 0.267. The average molecular weight is 523 g/mol. The number of nitrogens with zero attached hydrogens (tertiary/aromatic N) is 3. The summed E-state index contributed by atoms with van der Waals surface area (Å²) < 4.78 is 0.944. The highest BCUT2D eigenvalue weighted by atomic mass is 79.9. The van der Waals surface area contributed by atoms with Crippen molar-refractivity contribution < 1.29 is 9.59 Å². The lowest BCUT2D eigenvalue weighted by molar-refractivity contribution is -0.124. The lowest BCUT2D eigenvalue weighted by atomic mass is 9.91. The van der Waals surface area contributed by atoms with Crippen molar-refractivity contribution in [2.45, 2.75) is 44.6 Å². The molecule has 1 aliphatic heterocycles. The molecule has 162 valence electrons. The largest absolute Gasteiger partial charge is 0.332 e. The van der Waals surface area contributed by atoms with Crippen molar-refractivity contribution in [1.82, 2.24) is 4.90 Å². The number of urea groups is 1. The molecule has 1 saturated heterocycles. The molecule has 1 unspecified atom stereocenters. The van der Waals surface area contributed by atoms with Crippen LogP contribution in [0.4, 0.5) is 10.5 Å². The number of carbonyl (C=O) groups is 2. The Morgan fingerprint density at radius 2 is 1.68 bits per heavy atom. The Morgan fingerprint density at radius 1 is 1.03 bits per heavy atom. The van der Waals surface area contributed by atoms with Crippen molar-refractivity contribution >= 4 is 56.8 Å². The minimum Gasteiger partial charge on any atom is -0.309 e. The summed E-state index contributed by atoms with van der Waals surface area (Å²) in [5, 5.41) is 9.44. The molecule has 0 saturated carbocycles. The number of carbonyl (C=O) groups excluding carboxylic acids is 2. The van der Waals surface area contributed by atoms with Gasteiger partial charge in [-0.2, -0.15) is 5.26 Å². The Hall–Kier alpha value is -2.07. The molecule has 31 heavy (non-hydrogen) atoms. The van der Waals surface area contributed by atoms with E-state index in [1.165, 1.54) is 4.90 Å². The van der Waals surface area contributed by atoms with Crippen LogP contribution in [0.1, 0.15) is 38.2 Å². The number of hydrogen-bond donors (Lipinski definition) is 0. The molecule has 0 aromatic heterocycles. The van der Waals surface area contributed by atoms with Gasteiger partial charge in [-0.05, 0) is 55.7 Å². The standard InChI is InChI=1S/C23H22BrCl2N3O2/c1-23(15-16-6-8-17(24)9-7-16)21(30)29(20-13-18(25)12-19(26)14-20)22(31)28(23)11-5-3-2-4-10-27/h6-9,12-14H,2-5,11,15H2,1H3. The molecule has 0 bridgehead atoms. The molecule has 1 aliphatic rings. The lowest BCUT2D eigenvalue weighted by Gasteiger charge is -2.32. The van der Waals surface area contributed by atoms with E-state index < -0.39 is 5.54 Å². The van der Waals surface area contributed by atoms with Crippen LogP contribution in [-0.2, 0) is 11.2 Å². The van der Waals surface area contributed by atoms with Crippen LogP contribution in [0.5, 0.6) is 0 Å². The Morgan fingerprint density at radius 3 is 2.29 bits per heavy atom. The molecule has 0 N–H and O–H groups in total. The van der Waals surface area contributed by atoms with E-state index in [9.17, 15) is 9.59 Å². The van der Waals surface area contributed by atoms with E-state index in [0.29, 0.717) is 41.5 Å². The number of benzene rings is 2. The van der Waals surface area contributed by atoms with E-state index in [-0.39, 0.29) is 11.9 Å². The highest BCUT2D eigenvalue weighted by Gasteiger charge is 2.54. The second-order valence-electron chi connectivity index (χ2n) is 7.75. The van der Waals surface area contributed by atoms with Crippen LogP contribution >= 0.6 is 39.1 Å². The van der Waals surface area contributed by atoms with Crippen molar-refractivity contribution in [3.8, 4) is 6.07 Å². The normalized spacial score (nSPS) is 18.5. The van der Waals surface area contributed by atoms with Gasteiger partial charge >= 0.3 is 6.03 Å². The third kappa shape index (κ3) is 5.23. The van der Waals surface area contributed by atoms with Crippen molar-refractivity contribution in [1.29, 1.82) is 5.26 Å². The van der Waals surface area contributed by atoms with Crippen LogP contribution in [0.3, 0.4) is 0 Å². The fourth-order valence-electron chi connectivity index (χ4n) is 3.83. The van der Waals surface area contributed by atoms with Gasteiger partial charge in [0.25, 0.3) is 5.91 Å². The van der Waals surface area contributed by atoms with E-state index in [1.54, 1.807) is 30.0 Å². The number of anilines is 1. The van der Waals surface area contributed by atoms with E-state index in [2.05, 4.69) is 22.0 Å². The second kappa shape index (κ2) is 10.0. The van der Waals surface area contributed by atoms with Gasteiger partial charge in [-0.1, -0.05) is 57.7 Å². The van der Waals surface area contributed by atoms with Gasteiger partial charge in [-0.3, -0.25) is 4.79 Å². The van der Waals surface area contributed by atoms with Crippen LogP contribution in [0, 0.1) is 11.3 Å². The lowest BCUT2D eigenvalue weighted by Crippen LogP contribution is -2.49. The summed E-state index contributed by atoms with van der Waals surface area (Å²) in [4.78, 5) is 29.8. The number of unbranched alkanes of at least 4 members (excludes halogenated alkanes) is 3. The molecule has 0 spiro atoms. The quantitative estimate of drug-likeness (QED) is 0.289. The summed E-state index contributed by atoms with van der Waals surface area (Å²) in [6, 6.07) is 14.2. The van der Waals surface area contributed by atoms with Crippen molar-refractivity contribution in [2.24, 2.45) is 0 Å². The zero-order valence-corrected chi connectivity index (χ0v) is 20.2. The highest BCUT2D eigenvalue weighted by molar-refractivity contribution is 9.10. The molecule has 0 aliphatic carbocycles. The maximum atomic E-state index is 13.6. The molecule has 3 amide bonds. The summed E-state index contributed by atoms with van der Waals surface area (Å²) >= 11 is 15.7. The highest BCUT2D eigenvalue weighted by Crippen LogP contribution is 2.37. The van der Waals surface area contributed by atoms with Gasteiger partial charge in [0.2, 0.25) is 0 Å². The summed E-state index contributed by atoms with van der Waals surface area (Å²) in [6.45, 7) is 2.23. The van der Waals surface area contributed by atoms with Crippen molar-refractivity contribution in [2.75, 3.05) is 11.4 Å². The number of hydrogen-bond acceptors (Lipinski definition) is 3. The number of imide groups is 1. The number of rotatable bonds is 8. The second-order valence-corrected chi connectivity index (χ2v) is 9.54. The van der Waals surface area contributed by atoms with Gasteiger partial charge in [0, 0.05) is 33.9 Å². The molecule has 8 heteroatoms. The molecular formula is C23H22BrCl2N3O2. The number of amides is 3. The monoisotopic (exact) mass is 521 g/mol. The summed E-state index contributed by atoms with van der Waals surface area (Å²) in [7, 11) is 0. The molecule has 2 aromatic carbocycles. The predicted octanol–water partition coefficient (Wildman–Crippen LogP) is 6.61. The molecule has 1 heterocycles. The molecule has 1 fully saturated rings. The molecular weight excluding hydrogens is 501 g/mol. The summed E-state index contributed by atoms with van der Waals surface area (Å²) in [5.74, 6) is -0.309. The van der Waals surface area contributed by atoms with Gasteiger partial charge in [0.05, 0.1) is 11.8 Å². The first-order valence-electron chi connectivity index (χ1n) is 10.00. The van der Waals surface area contributed by atoms with Crippen LogP contribution in [0.25, 0.3) is 0 Å². The smallest absolute Gasteiger partial charge is 0.309 e. The Balaban J connectivity index is 1.93. The molecule has 1 atom stereocenters. The van der Waals surface area contributed by atoms with Gasteiger partial charge in [-0.15, -0.1) is 0 Å². The van der Waals surface area contributed by atoms with Crippen LogP contribution in [-0.4, -0.2) is 28.9 Å². The molecule has 3 rings (SSSR count). The Labute approximate surface area is 200 Å². The average Bonchev–Trinajstić information content (AvgIpc) is 2.89. The van der Waals surface area contributed by atoms with Gasteiger partial charge in [0.1, 0.15) is 5.54 Å². The first-order valence-corrected chi connectivity index (χ1v) is 11.5. The summed E-state index contributed by atoms with van der Waals surface area (Å²) in [6.07, 6.45) is 3.15. The van der Waals surface area contributed by atoms with E-state index in [1.807, 2.05) is 24.3 Å². The van der Waals surface area contributed by atoms with Crippen LogP contribution in [0.15, 0.2) is 46.9 Å². The van der Waals surface area contributed by atoms with E-state index in [0.717, 1.165) is 22.9 Å². The third-order valence-corrected chi connectivity index (χ3v) is 6.38. The zero-order chi connectivity index (χ0) is 22.6. The van der Waals surface area contributed by atoms with Gasteiger partial charge in [-0.25, -0.2) is 9.69 Å². The first kappa shape index (κ1) is 23.6. The fraction of sp³-hybridized carbons (Fsp3) is 0.348. The van der Waals surface area contributed by atoms with E-state index >= 15 is 0 Å². The topological polar surface area (TPSA) is 64.4 Å². The number of halogens is 3. The third-order valence-electron chi connectivity index (χ3n) is 5.42. The maximum absolute atomic E-state index is 13.6. The predicted molar refractivity (Wildman–Crippen MR) is 126 cm³/mol. The molecule has 0 radical (unpaired) electrons. The van der Waals surface area contributed by atoms with E-state index in [4.69, 9.17) is 28.5 Å². The number of nitriles is 1. The van der Waals surface area contributed by atoms with Gasteiger partial charge in [0.15, 0.2) is 0 Å². The maximum Gasteiger partial charge on any atom is 0.332 e. The minimum atomic E-state index is -1.05. The Bertz CT molecular complexity index is 1000. The zero-order valence-electron chi connectivity index (χ0n) is 17.1. The SMILES string of the molecule is CC1(Cc2ccc(Br)cc2)C(=O)N(c2cc(Cl)cc(Cl)c2)C(=O)N1CCCCCC#N. The van der Waals surface area contributed by atoms with Crippen LogP contribution < -0.4 is 4.90 Å². The fourth-order valence-corrected chi connectivity index (χ4v) is 4.61. The minimum absolute atomic E-state index is 0.309. The molecule has 5 nitrogen and oxygen atoms in total.